The number of benzene rings is 2. The molecule has 3 N–H and O–H groups in total. The quantitative estimate of drug-likeness (QED) is 0.788. The number of carbonyl (C=O) groups is 2. The van der Waals surface area contributed by atoms with Crippen molar-refractivity contribution in [3.63, 3.8) is 0 Å². The van der Waals surface area contributed by atoms with Gasteiger partial charge in [-0.2, -0.15) is 0 Å². The number of para-hydroxylation sites is 2. The van der Waals surface area contributed by atoms with Gasteiger partial charge in [0.05, 0.1) is 12.5 Å². The zero-order valence-corrected chi connectivity index (χ0v) is 11.7. The van der Waals surface area contributed by atoms with Crippen LogP contribution in [0.5, 0.6) is 0 Å². The first-order valence-electron chi connectivity index (χ1n) is 7.10. The van der Waals surface area contributed by atoms with Crippen LogP contribution < -0.4 is 10.6 Å². The number of amides is 1. The van der Waals surface area contributed by atoms with Gasteiger partial charge in [0.15, 0.2) is 5.78 Å². The fourth-order valence-electron chi connectivity index (χ4n) is 3.43. The lowest BCUT2D eigenvalue weighted by Gasteiger charge is -2.31. The summed E-state index contributed by atoms with van der Waals surface area (Å²) in [5.74, 6) is -1.28. The summed E-state index contributed by atoms with van der Waals surface area (Å²) in [7, 11) is 0. The van der Waals surface area contributed by atoms with Crippen molar-refractivity contribution in [2.45, 2.75) is 11.5 Å². The third kappa shape index (κ3) is 1.51. The monoisotopic (exact) mass is 294 g/mol. The van der Waals surface area contributed by atoms with E-state index in [1.807, 2.05) is 24.3 Å². The van der Waals surface area contributed by atoms with Gasteiger partial charge in [-0.05, 0) is 23.8 Å². The van der Waals surface area contributed by atoms with Gasteiger partial charge in [0.1, 0.15) is 5.54 Å². The second kappa shape index (κ2) is 4.42. The van der Waals surface area contributed by atoms with E-state index in [1.54, 1.807) is 24.3 Å². The molecule has 2 aromatic carbocycles. The maximum atomic E-state index is 12.9. The normalized spacial score (nSPS) is 25.4. The number of aliphatic hydroxyl groups excluding tert-OH is 1. The third-order valence-electron chi connectivity index (χ3n) is 4.47. The Balaban J connectivity index is 1.88. The second-order valence-corrected chi connectivity index (χ2v) is 5.64. The number of Topliss-reactive ketones (excluding diaryl/α,β-unsaturated/α-hetero) is 1. The number of hydrogen-bond donors (Lipinski definition) is 3. The van der Waals surface area contributed by atoms with E-state index in [9.17, 15) is 14.7 Å². The molecule has 0 saturated carbocycles. The number of anilines is 2. The van der Waals surface area contributed by atoms with Gasteiger partial charge in [0, 0.05) is 16.9 Å². The number of rotatable bonds is 2. The van der Waals surface area contributed by atoms with Crippen molar-refractivity contribution in [1.82, 2.24) is 0 Å². The lowest BCUT2D eigenvalue weighted by molar-refractivity contribution is -0.118. The van der Waals surface area contributed by atoms with Crippen LogP contribution in [0, 0.1) is 0 Å². The summed E-state index contributed by atoms with van der Waals surface area (Å²) < 4.78 is 0. The fourth-order valence-corrected chi connectivity index (χ4v) is 3.43. The van der Waals surface area contributed by atoms with Crippen LogP contribution in [0.1, 0.15) is 21.8 Å². The minimum Gasteiger partial charge on any atom is -0.393 e. The van der Waals surface area contributed by atoms with Gasteiger partial charge in [-0.25, -0.2) is 0 Å². The van der Waals surface area contributed by atoms with Crippen LogP contribution in [-0.2, 0) is 4.79 Å². The highest BCUT2D eigenvalue weighted by atomic mass is 16.3. The van der Waals surface area contributed by atoms with Gasteiger partial charge in [-0.1, -0.05) is 30.3 Å². The van der Waals surface area contributed by atoms with Crippen molar-refractivity contribution in [2.75, 3.05) is 17.2 Å². The number of fused-ring (bicyclic) bond motifs is 2. The Kier molecular flexibility index (Phi) is 2.62. The average Bonchev–Trinajstić information content (AvgIpc) is 3.02. The van der Waals surface area contributed by atoms with Crippen molar-refractivity contribution in [2.24, 2.45) is 0 Å². The van der Waals surface area contributed by atoms with Crippen LogP contribution in [0.25, 0.3) is 0 Å². The van der Waals surface area contributed by atoms with Gasteiger partial charge in [-0.3, -0.25) is 9.59 Å². The molecule has 0 fully saturated rings. The Morgan fingerprint density at radius 1 is 1.00 bits per heavy atom. The molecular weight excluding hydrogens is 280 g/mol. The highest BCUT2D eigenvalue weighted by Crippen LogP contribution is 2.46. The summed E-state index contributed by atoms with van der Waals surface area (Å²) in [5.41, 5.74) is 1.24. The summed E-state index contributed by atoms with van der Waals surface area (Å²) in [4.78, 5) is 25.4. The number of nitrogens with one attached hydrogen (secondary N) is 2. The Morgan fingerprint density at radius 3 is 2.41 bits per heavy atom. The van der Waals surface area contributed by atoms with Crippen LogP contribution in [0.2, 0.25) is 0 Å². The highest BCUT2D eigenvalue weighted by Gasteiger charge is 2.56. The largest absolute Gasteiger partial charge is 0.393 e. The molecule has 0 spiro atoms. The topological polar surface area (TPSA) is 78.4 Å². The van der Waals surface area contributed by atoms with Gasteiger partial charge < -0.3 is 15.7 Å². The van der Waals surface area contributed by atoms with Gasteiger partial charge in [0.2, 0.25) is 5.91 Å². The first-order valence-corrected chi connectivity index (χ1v) is 7.10. The summed E-state index contributed by atoms with van der Waals surface area (Å²) in [6, 6.07) is 14.3. The number of ketones is 1. The number of hydrogen-bond acceptors (Lipinski definition) is 4. The van der Waals surface area contributed by atoms with Crippen molar-refractivity contribution >= 4 is 23.1 Å². The Labute approximate surface area is 127 Å². The molecule has 0 aromatic heterocycles. The van der Waals surface area contributed by atoms with Crippen LogP contribution in [0.15, 0.2) is 48.5 Å². The van der Waals surface area contributed by atoms with E-state index in [2.05, 4.69) is 10.6 Å². The van der Waals surface area contributed by atoms with Crippen LogP contribution >= 0.6 is 0 Å². The van der Waals surface area contributed by atoms with E-state index in [4.69, 9.17) is 0 Å². The molecule has 5 heteroatoms. The molecule has 2 atom stereocenters. The molecule has 1 amide bonds. The zero-order chi connectivity index (χ0) is 15.3. The Morgan fingerprint density at radius 2 is 1.68 bits per heavy atom. The first-order chi connectivity index (χ1) is 10.7. The fraction of sp³-hybridized carbons (Fsp3) is 0.176. The molecule has 2 aromatic rings. The van der Waals surface area contributed by atoms with E-state index in [1.165, 1.54) is 0 Å². The molecule has 4 rings (SSSR count). The standard InChI is InChI=1S/C17H14N2O3/c20-9-17(15(21)11-6-2-4-8-13(11)19-17)14-10-5-1-3-7-12(10)18-16(14)22/h1-8,14,19-20H,9H2,(H,18,22)/t14-,17-/m1/s1. The molecule has 2 heterocycles. The maximum Gasteiger partial charge on any atom is 0.234 e. The van der Waals surface area contributed by atoms with Gasteiger partial charge in [-0.15, -0.1) is 0 Å². The van der Waals surface area contributed by atoms with E-state index in [-0.39, 0.29) is 11.7 Å². The number of carbonyl (C=O) groups excluding carboxylic acids is 2. The highest BCUT2D eigenvalue weighted by molar-refractivity contribution is 6.19. The van der Waals surface area contributed by atoms with Crippen molar-refractivity contribution < 1.29 is 14.7 Å². The predicted octanol–water partition coefficient (Wildman–Crippen LogP) is 1.76. The SMILES string of the molecule is O=C1Nc2ccccc2[C@H]1[C@@]1(CO)Nc2ccccc2C1=O. The summed E-state index contributed by atoms with van der Waals surface area (Å²) in [6.07, 6.45) is 0. The minimum absolute atomic E-state index is 0.248. The summed E-state index contributed by atoms with van der Waals surface area (Å²) in [6.45, 7) is -0.451. The lowest BCUT2D eigenvalue weighted by atomic mass is 9.77. The number of aliphatic hydroxyl groups is 1. The molecule has 5 nitrogen and oxygen atoms in total. The zero-order valence-electron chi connectivity index (χ0n) is 11.7. The molecule has 2 aliphatic heterocycles. The minimum atomic E-state index is -1.35. The van der Waals surface area contributed by atoms with Crippen molar-refractivity contribution in [3.05, 3.63) is 59.7 Å². The molecular formula is C17H14N2O3. The smallest absolute Gasteiger partial charge is 0.234 e. The molecule has 0 saturated heterocycles. The molecule has 2 aliphatic rings. The van der Waals surface area contributed by atoms with Crippen LogP contribution in [0.4, 0.5) is 11.4 Å². The van der Waals surface area contributed by atoms with Crippen molar-refractivity contribution in [3.8, 4) is 0 Å². The average molecular weight is 294 g/mol. The molecule has 0 radical (unpaired) electrons. The van der Waals surface area contributed by atoms with E-state index in [0.29, 0.717) is 16.9 Å². The maximum absolute atomic E-state index is 12.9. The van der Waals surface area contributed by atoms with Crippen LogP contribution in [-0.4, -0.2) is 28.9 Å². The van der Waals surface area contributed by atoms with Gasteiger partial charge in [0.25, 0.3) is 0 Å². The molecule has 0 aliphatic carbocycles. The van der Waals surface area contributed by atoms with E-state index >= 15 is 0 Å². The van der Waals surface area contributed by atoms with Gasteiger partial charge >= 0.3 is 0 Å². The van der Waals surface area contributed by atoms with E-state index in [0.717, 1.165) is 5.56 Å². The second-order valence-electron chi connectivity index (χ2n) is 5.64. The summed E-state index contributed by atoms with van der Waals surface area (Å²) in [5, 5.41) is 15.9. The lowest BCUT2D eigenvalue weighted by Crippen LogP contribution is -2.52. The molecule has 22 heavy (non-hydrogen) atoms. The first kappa shape index (κ1) is 13.0. The van der Waals surface area contributed by atoms with Crippen LogP contribution in [0.3, 0.4) is 0 Å². The molecule has 0 unspecified atom stereocenters. The summed E-state index contributed by atoms with van der Waals surface area (Å²) >= 11 is 0. The molecule has 0 bridgehead atoms. The van der Waals surface area contributed by atoms with E-state index < -0.39 is 18.1 Å². The van der Waals surface area contributed by atoms with Crippen molar-refractivity contribution in [1.29, 1.82) is 0 Å². The predicted molar refractivity (Wildman–Crippen MR) is 82.0 cm³/mol. The Hall–Kier alpha value is -2.66. The Bertz CT molecular complexity index is 802. The third-order valence-corrected chi connectivity index (χ3v) is 4.47. The molecule has 110 valence electrons.